The van der Waals surface area contributed by atoms with Crippen LogP contribution in [0, 0.1) is 17.3 Å². The number of halogens is 7. The quantitative estimate of drug-likeness (QED) is 0.319. The number of rotatable bonds is 3. The van der Waals surface area contributed by atoms with Gasteiger partial charge in [-0.05, 0) is 73.1 Å². The summed E-state index contributed by atoms with van der Waals surface area (Å²) >= 11 is 0. The lowest BCUT2D eigenvalue weighted by Crippen LogP contribution is -2.57. The van der Waals surface area contributed by atoms with Gasteiger partial charge in [-0.2, -0.15) is 30.7 Å². The van der Waals surface area contributed by atoms with Gasteiger partial charge in [0, 0.05) is 11.8 Å². The number of carbonyl (C=O) groups is 2. The molecule has 3 aliphatic rings. The Morgan fingerprint density at radius 1 is 1.03 bits per heavy atom. The van der Waals surface area contributed by atoms with Crippen molar-refractivity contribution >= 4 is 11.8 Å². The van der Waals surface area contributed by atoms with E-state index in [-0.39, 0.29) is 29.0 Å². The number of carbonyl (C=O) groups excluding carboxylic acids is 2. The minimum absolute atomic E-state index is 0.128. The average Bonchev–Trinajstić information content (AvgIpc) is 3.01. The zero-order chi connectivity index (χ0) is 23.7. The summed E-state index contributed by atoms with van der Waals surface area (Å²) < 4.78 is 94.4. The van der Waals surface area contributed by atoms with Crippen molar-refractivity contribution < 1.29 is 45.1 Å². The third-order valence-corrected chi connectivity index (χ3v) is 7.62. The molecule has 4 rings (SSSR count). The first-order valence-corrected chi connectivity index (χ1v) is 10.4. The standard InChI is InChI=1S/C22H21F7O3/c1-19-9-8-14-13-5-3-12(32-18(31)20(23,24)21(25,26)22(27,28)29)10-11(13)2-4-15(14)16(19)6-7-17(19)30/h3,5,10,14-16H,2,4,6-9H2,1H3. The summed E-state index contributed by atoms with van der Waals surface area (Å²) in [6, 6.07) is 3.93. The molecule has 1 aromatic carbocycles. The summed E-state index contributed by atoms with van der Waals surface area (Å²) in [5.74, 6) is -15.2. The molecule has 32 heavy (non-hydrogen) atoms. The molecule has 0 amide bonds. The van der Waals surface area contributed by atoms with Crippen LogP contribution in [0.3, 0.4) is 0 Å². The molecule has 0 bridgehead atoms. The average molecular weight is 466 g/mol. The Hall–Kier alpha value is -2.13. The van der Waals surface area contributed by atoms with Gasteiger partial charge in [-0.3, -0.25) is 4.79 Å². The summed E-state index contributed by atoms with van der Waals surface area (Å²) in [5.41, 5.74) is 1.26. The maximum atomic E-state index is 13.6. The fourth-order valence-corrected chi connectivity index (χ4v) is 5.87. The molecule has 10 heteroatoms. The maximum Gasteiger partial charge on any atom is 0.460 e. The van der Waals surface area contributed by atoms with Gasteiger partial charge in [0.15, 0.2) is 0 Å². The van der Waals surface area contributed by atoms with E-state index in [0.717, 1.165) is 37.3 Å². The summed E-state index contributed by atoms with van der Waals surface area (Å²) in [5, 5.41) is 0. The van der Waals surface area contributed by atoms with Gasteiger partial charge in [0.2, 0.25) is 0 Å². The second-order valence-corrected chi connectivity index (χ2v) is 9.23. The van der Waals surface area contributed by atoms with Crippen molar-refractivity contribution in [1.29, 1.82) is 0 Å². The molecule has 0 aliphatic heterocycles. The highest BCUT2D eigenvalue weighted by Crippen LogP contribution is 2.59. The molecule has 0 heterocycles. The van der Waals surface area contributed by atoms with Crippen LogP contribution in [0.5, 0.6) is 5.75 Å². The number of alkyl halides is 7. The SMILES string of the molecule is CC12CCC3c4ccc(OC(=O)C(F)(F)C(F)(F)C(F)(F)F)cc4CCC3C1CCC2=O. The topological polar surface area (TPSA) is 43.4 Å². The van der Waals surface area contributed by atoms with E-state index in [4.69, 9.17) is 0 Å². The number of fused-ring (bicyclic) bond motifs is 5. The molecule has 0 N–H and O–H groups in total. The monoisotopic (exact) mass is 466 g/mol. The Balaban J connectivity index is 1.54. The van der Waals surface area contributed by atoms with Crippen LogP contribution in [0.15, 0.2) is 18.2 Å². The first-order chi connectivity index (χ1) is 14.7. The molecule has 0 aromatic heterocycles. The highest BCUT2D eigenvalue weighted by molar-refractivity contribution is 5.87. The van der Waals surface area contributed by atoms with E-state index < -0.39 is 29.7 Å². The van der Waals surface area contributed by atoms with E-state index in [2.05, 4.69) is 4.74 Å². The van der Waals surface area contributed by atoms with Crippen molar-refractivity contribution in [3.8, 4) is 5.75 Å². The van der Waals surface area contributed by atoms with Gasteiger partial charge in [0.25, 0.3) is 0 Å². The van der Waals surface area contributed by atoms with E-state index in [1.54, 1.807) is 6.07 Å². The lowest BCUT2D eigenvalue weighted by Gasteiger charge is -2.48. The van der Waals surface area contributed by atoms with Crippen LogP contribution >= 0.6 is 0 Å². The second-order valence-electron chi connectivity index (χ2n) is 9.23. The van der Waals surface area contributed by atoms with Gasteiger partial charge in [-0.15, -0.1) is 0 Å². The van der Waals surface area contributed by atoms with Crippen molar-refractivity contribution in [2.75, 3.05) is 0 Å². The molecule has 176 valence electrons. The molecule has 1 aromatic rings. The van der Waals surface area contributed by atoms with Crippen molar-refractivity contribution in [3.05, 3.63) is 29.3 Å². The van der Waals surface area contributed by atoms with Gasteiger partial charge < -0.3 is 4.74 Å². The number of ether oxygens (including phenoxy) is 1. The zero-order valence-electron chi connectivity index (χ0n) is 17.1. The Bertz CT molecular complexity index is 955. The number of aryl methyl sites for hydroxylation is 1. The molecule has 4 atom stereocenters. The largest absolute Gasteiger partial charge is 0.460 e. The fourth-order valence-electron chi connectivity index (χ4n) is 5.87. The normalized spacial score (nSPS) is 30.4. The molecule has 4 unspecified atom stereocenters. The first-order valence-electron chi connectivity index (χ1n) is 10.4. The fraction of sp³-hybridized carbons (Fsp3) is 0.636. The van der Waals surface area contributed by atoms with Crippen LogP contribution in [0.2, 0.25) is 0 Å². The highest BCUT2D eigenvalue weighted by atomic mass is 19.4. The second kappa shape index (κ2) is 7.18. The Morgan fingerprint density at radius 3 is 2.38 bits per heavy atom. The third kappa shape index (κ3) is 3.23. The van der Waals surface area contributed by atoms with E-state index in [1.165, 1.54) is 6.07 Å². The molecule has 3 nitrogen and oxygen atoms in total. The molecule has 0 radical (unpaired) electrons. The smallest absolute Gasteiger partial charge is 0.422 e. The van der Waals surface area contributed by atoms with Gasteiger partial charge in [-0.1, -0.05) is 13.0 Å². The van der Waals surface area contributed by atoms with Gasteiger partial charge in [0.1, 0.15) is 11.5 Å². The van der Waals surface area contributed by atoms with Gasteiger partial charge in [0.05, 0.1) is 0 Å². The Kier molecular flexibility index (Phi) is 5.17. The lowest BCUT2D eigenvalue weighted by atomic mass is 9.55. The zero-order valence-corrected chi connectivity index (χ0v) is 17.1. The summed E-state index contributed by atoms with van der Waals surface area (Å²) in [6.45, 7) is 2.01. The minimum Gasteiger partial charge on any atom is -0.422 e. The van der Waals surface area contributed by atoms with Gasteiger partial charge >= 0.3 is 24.0 Å². The van der Waals surface area contributed by atoms with Crippen molar-refractivity contribution in [3.63, 3.8) is 0 Å². The van der Waals surface area contributed by atoms with E-state index in [9.17, 15) is 40.3 Å². The maximum absolute atomic E-state index is 13.6. The van der Waals surface area contributed by atoms with Crippen LogP contribution in [-0.2, 0) is 16.0 Å². The van der Waals surface area contributed by atoms with Gasteiger partial charge in [-0.25, -0.2) is 4.79 Å². The molecule has 2 fully saturated rings. The predicted octanol–water partition coefficient (Wildman–Crippen LogP) is 5.85. The number of ketones is 1. The molecule has 0 spiro atoms. The first kappa shape index (κ1) is 23.0. The summed E-state index contributed by atoms with van der Waals surface area (Å²) in [4.78, 5) is 23.9. The lowest BCUT2D eigenvalue weighted by molar-refractivity contribution is -0.346. The van der Waals surface area contributed by atoms with E-state index >= 15 is 0 Å². The molecule has 0 saturated heterocycles. The molecular formula is C22H21F7O3. The number of hydrogen-bond donors (Lipinski definition) is 0. The highest BCUT2D eigenvalue weighted by Gasteiger charge is 2.77. The van der Waals surface area contributed by atoms with Crippen molar-refractivity contribution in [1.82, 2.24) is 0 Å². The Morgan fingerprint density at radius 2 is 1.72 bits per heavy atom. The van der Waals surface area contributed by atoms with Crippen LogP contribution in [-0.4, -0.2) is 29.8 Å². The number of Topliss-reactive ketones (excluding diaryl/α,β-unsaturated/α-hetero) is 1. The minimum atomic E-state index is -6.61. The number of esters is 1. The number of benzene rings is 1. The van der Waals surface area contributed by atoms with Crippen LogP contribution < -0.4 is 4.74 Å². The Labute approximate surface area is 179 Å². The van der Waals surface area contributed by atoms with Crippen LogP contribution in [0.4, 0.5) is 30.7 Å². The van der Waals surface area contributed by atoms with E-state index in [0.29, 0.717) is 18.4 Å². The molecule has 3 aliphatic carbocycles. The van der Waals surface area contributed by atoms with E-state index in [1.807, 2.05) is 6.92 Å². The molecular weight excluding hydrogens is 445 g/mol. The third-order valence-electron chi connectivity index (χ3n) is 7.62. The van der Waals surface area contributed by atoms with Crippen molar-refractivity contribution in [2.24, 2.45) is 17.3 Å². The predicted molar refractivity (Wildman–Crippen MR) is 97.7 cm³/mol. The van der Waals surface area contributed by atoms with Crippen molar-refractivity contribution in [2.45, 2.75) is 69.4 Å². The summed E-state index contributed by atoms with van der Waals surface area (Å²) in [6.07, 6.45) is -2.52. The molecule has 2 saturated carbocycles. The number of hydrogen-bond acceptors (Lipinski definition) is 3. The van der Waals surface area contributed by atoms with Crippen LogP contribution in [0.25, 0.3) is 0 Å². The van der Waals surface area contributed by atoms with Crippen LogP contribution in [0.1, 0.15) is 56.1 Å². The summed E-state index contributed by atoms with van der Waals surface area (Å²) in [7, 11) is 0.